The Hall–Kier alpha value is 0.180. The third-order valence-corrected chi connectivity index (χ3v) is 1.44. The molecule has 0 bridgehead atoms. The maximum atomic E-state index is 4.11. The molecule has 2 heteroatoms. The highest BCUT2D eigenvalue weighted by molar-refractivity contribution is 7.85. The first-order valence-electron chi connectivity index (χ1n) is 2.07. The van der Waals surface area contributed by atoms with Crippen molar-refractivity contribution in [2.24, 2.45) is 0 Å². The van der Waals surface area contributed by atoms with Gasteiger partial charge in [0.2, 0.25) is 0 Å². The van der Waals surface area contributed by atoms with E-state index in [0.29, 0.717) is 0 Å². The van der Waals surface area contributed by atoms with Gasteiger partial charge in [0, 0.05) is 6.42 Å². The van der Waals surface area contributed by atoms with Crippen molar-refractivity contribution in [1.82, 2.24) is 0 Å². The molecule has 0 nitrogen and oxygen atoms in total. The second-order valence-electron chi connectivity index (χ2n) is 1.49. The van der Waals surface area contributed by atoms with Crippen LogP contribution in [0, 0.1) is 0 Å². The molecule has 0 unspecified atom stereocenters. The molecule has 0 N–H and O–H groups in total. The van der Waals surface area contributed by atoms with Gasteiger partial charge in [-0.15, -0.1) is 25.3 Å². The summed E-state index contributed by atoms with van der Waals surface area (Å²) >= 11 is 8.22. The van der Waals surface area contributed by atoms with Crippen molar-refractivity contribution in [2.75, 3.05) is 0 Å². The summed E-state index contributed by atoms with van der Waals surface area (Å²) < 4.78 is 0. The summed E-state index contributed by atoms with van der Waals surface area (Å²) in [5.74, 6) is 0. The van der Waals surface area contributed by atoms with Crippen LogP contribution in [0.1, 0.15) is 6.42 Å². The normalized spacial score (nSPS) is 19.1. The number of hydrogen-bond acceptors (Lipinski definition) is 2. The van der Waals surface area contributed by atoms with Crippen LogP contribution in [0.25, 0.3) is 0 Å². The van der Waals surface area contributed by atoms with Crippen LogP contribution < -0.4 is 0 Å². The average Bonchev–Trinajstić information content (AvgIpc) is 1.87. The molecule has 0 radical (unpaired) electrons. The summed E-state index contributed by atoms with van der Waals surface area (Å²) in [7, 11) is 0. The minimum absolute atomic E-state index is 0.923. The van der Waals surface area contributed by atoms with Gasteiger partial charge in [-0.3, -0.25) is 0 Å². The van der Waals surface area contributed by atoms with Crippen molar-refractivity contribution in [1.29, 1.82) is 0 Å². The predicted octanol–water partition coefficient (Wildman–Crippen LogP) is 2.02. The van der Waals surface area contributed by atoms with Crippen LogP contribution in [0.3, 0.4) is 0 Å². The summed E-state index contributed by atoms with van der Waals surface area (Å²) in [6.07, 6.45) is 4.85. The van der Waals surface area contributed by atoms with Gasteiger partial charge in [-0.25, -0.2) is 0 Å². The Morgan fingerprint density at radius 1 is 1.14 bits per heavy atom. The molecule has 38 valence electrons. The molecule has 0 amide bonds. The van der Waals surface area contributed by atoms with Crippen LogP contribution in [-0.4, -0.2) is 0 Å². The Morgan fingerprint density at radius 2 is 1.57 bits per heavy atom. The average molecular weight is 130 g/mol. The van der Waals surface area contributed by atoms with Crippen molar-refractivity contribution in [3.63, 3.8) is 0 Å². The molecule has 0 aromatic rings. The molecule has 0 aromatic heterocycles. The Labute approximate surface area is 54.1 Å². The van der Waals surface area contributed by atoms with Crippen molar-refractivity contribution < 1.29 is 0 Å². The quantitative estimate of drug-likeness (QED) is 0.460. The largest absolute Gasteiger partial charge is 0.148 e. The molecule has 0 spiro atoms. The van der Waals surface area contributed by atoms with E-state index in [0.717, 1.165) is 16.2 Å². The highest BCUT2D eigenvalue weighted by Gasteiger charge is 1.97. The van der Waals surface area contributed by atoms with E-state index in [1.807, 2.05) is 12.2 Å². The Balaban J connectivity index is 2.61. The molecule has 0 aliphatic heterocycles. The topological polar surface area (TPSA) is 0 Å². The van der Waals surface area contributed by atoms with E-state index < -0.39 is 0 Å². The second-order valence-corrected chi connectivity index (χ2v) is 2.64. The van der Waals surface area contributed by atoms with Crippen molar-refractivity contribution in [3.05, 3.63) is 22.0 Å². The smallest absolute Gasteiger partial charge is 0.00893 e. The maximum Gasteiger partial charge on any atom is 0.00893 e. The molecule has 7 heavy (non-hydrogen) atoms. The van der Waals surface area contributed by atoms with E-state index in [1.54, 1.807) is 0 Å². The van der Waals surface area contributed by atoms with Crippen LogP contribution in [0.15, 0.2) is 22.0 Å². The van der Waals surface area contributed by atoms with Crippen LogP contribution in [-0.2, 0) is 0 Å². The number of allylic oxidation sites excluding steroid dienone is 4. The molecule has 1 aliphatic rings. The third kappa shape index (κ3) is 1.28. The first-order valence-corrected chi connectivity index (χ1v) is 2.96. The van der Waals surface area contributed by atoms with Gasteiger partial charge in [0.15, 0.2) is 0 Å². The van der Waals surface area contributed by atoms with E-state index in [-0.39, 0.29) is 0 Å². The Kier molecular flexibility index (Phi) is 1.50. The number of rotatable bonds is 0. The molecule has 0 saturated heterocycles. The van der Waals surface area contributed by atoms with Crippen molar-refractivity contribution in [2.45, 2.75) is 6.42 Å². The zero-order valence-corrected chi connectivity index (χ0v) is 5.55. The summed E-state index contributed by atoms with van der Waals surface area (Å²) in [6.45, 7) is 0. The van der Waals surface area contributed by atoms with E-state index in [1.165, 1.54) is 0 Å². The SMILES string of the molecule is SC1=CC=C(S)C1. The van der Waals surface area contributed by atoms with E-state index >= 15 is 0 Å². The van der Waals surface area contributed by atoms with Gasteiger partial charge < -0.3 is 0 Å². The first kappa shape index (κ1) is 5.32. The van der Waals surface area contributed by atoms with Gasteiger partial charge in [0.25, 0.3) is 0 Å². The lowest BCUT2D eigenvalue weighted by atomic mass is 10.5. The molecule has 0 saturated carbocycles. The minimum Gasteiger partial charge on any atom is -0.148 e. The lowest BCUT2D eigenvalue weighted by molar-refractivity contribution is 1.39. The van der Waals surface area contributed by atoms with E-state index in [2.05, 4.69) is 25.3 Å². The summed E-state index contributed by atoms with van der Waals surface area (Å²) in [4.78, 5) is 2.20. The number of thiol groups is 2. The van der Waals surface area contributed by atoms with Gasteiger partial charge >= 0.3 is 0 Å². The monoisotopic (exact) mass is 130 g/mol. The van der Waals surface area contributed by atoms with Crippen LogP contribution >= 0.6 is 25.3 Å². The summed E-state index contributed by atoms with van der Waals surface area (Å²) in [5, 5.41) is 0. The molecule has 0 aromatic carbocycles. The van der Waals surface area contributed by atoms with Gasteiger partial charge in [0.1, 0.15) is 0 Å². The zero-order chi connectivity index (χ0) is 5.28. The second kappa shape index (κ2) is 1.97. The first-order chi connectivity index (χ1) is 3.29. The van der Waals surface area contributed by atoms with Crippen molar-refractivity contribution in [3.8, 4) is 0 Å². The minimum atomic E-state index is 0.923. The molecule has 0 heterocycles. The summed E-state index contributed by atoms with van der Waals surface area (Å²) in [6, 6.07) is 0. The number of hydrogen-bond donors (Lipinski definition) is 2. The molecule has 0 atom stereocenters. The van der Waals surface area contributed by atoms with E-state index in [9.17, 15) is 0 Å². The van der Waals surface area contributed by atoms with Gasteiger partial charge in [-0.1, -0.05) is 12.2 Å². The van der Waals surface area contributed by atoms with Crippen LogP contribution in [0.5, 0.6) is 0 Å². The molecule has 1 rings (SSSR count). The molecular formula is C5H6S2. The van der Waals surface area contributed by atoms with Gasteiger partial charge in [0.05, 0.1) is 0 Å². The van der Waals surface area contributed by atoms with Crippen molar-refractivity contribution >= 4 is 25.3 Å². The lowest BCUT2D eigenvalue weighted by Gasteiger charge is -1.85. The predicted molar refractivity (Wildman–Crippen MR) is 38.8 cm³/mol. The lowest BCUT2D eigenvalue weighted by Crippen LogP contribution is -1.61. The molecule has 1 aliphatic carbocycles. The van der Waals surface area contributed by atoms with Crippen LogP contribution in [0.2, 0.25) is 0 Å². The third-order valence-electron chi connectivity index (χ3n) is 0.830. The van der Waals surface area contributed by atoms with Gasteiger partial charge in [-0.05, 0) is 9.81 Å². The fourth-order valence-corrected chi connectivity index (χ4v) is 1.11. The fraction of sp³-hybridized carbons (Fsp3) is 0.200. The molecule has 0 fully saturated rings. The van der Waals surface area contributed by atoms with Crippen LogP contribution in [0.4, 0.5) is 0 Å². The highest BCUT2D eigenvalue weighted by atomic mass is 32.1. The van der Waals surface area contributed by atoms with Gasteiger partial charge in [-0.2, -0.15) is 0 Å². The maximum absolute atomic E-state index is 4.11. The zero-order valence-electron chi connectivity index (χ0n) is 3.76. The Morgan fingerprint density at radius 3 is 1.71 bits per heavy atom. The highest BCUT2D eigenvalue weighted by Crippen LogP contribution is 2.23. The standard InChI is InChI=1S/C5H6S2/c6-4-1-2-5(7)3-4/h1-2,6-7H,3H2. The molecular weight excluding hydrogens is 124 g/mol. The fourth-order valence-electron chi connectivity index (χ4n) is 0.496. The summed E-state index contributed by atoms with van der Waals surface area (Å²) in [5.41, 5.74) is 0. The Bertz CT molecular complexity index is 117. The van der Waals surface area contributed by atoms with E-state index in [4.69, 9.17) is 0 Å².